The normalized spacial score (nSPS) is 11.8. The summed E-state index contributed by atoms with van der Waals surface area (Å²) in [5, 5.41) is 10.4. The molecule has 0 saturated heterocycles. The van der Waals surface area contributed by atoms with E-state index < -0.39 is 0 Å². The van der Waals surface area contributed by atoms with E-state index in [0.29, 0.717) is 0 Å². The zero-order chi connectivity index (χ0) is 16.2. The molecule has 0 bridgehead atoms. The van der Waals surface area contributed by atoms with E-state index in [9.17, 15) is 0 Å². The maximum Gasteiger partial charge on any atom is 0.0838 e. The number of rotatable bonds is 3. The largest absolute Gasteiger partial charge is 0.247 e. The van der Waals surface area contributed by atoms with E-state index in [2.05, 4.69) is 20.2 Å². The Labute approximate surface area is 139 Å². The molecule has 0 amide bonds. The lowest BCUT2D eigenvalue weighted by molar-refractivity contribution is 1.24. The fourth-order valence-electron chi connectivity index (χ4n) is 2.49. The number of hydrogen-bond acceptors (Lipinski definition) is 4. The van der Waals surface area contributed by atoms with Crippen LogP contribution in [-0.2, 0) is 0 Å². The molecule has 4 rings (SSSR count). The molecule has 24 heavy (non-hydrogen) atoms. The Hall–Kier alpha value is -3.40. The number of aromatic nitrogens is 2. The smallest absolute Gasteiger partial charge is 0.0838 e. The highest BCUT2D eigenvalue weighted by molar-refractivity contribution is 5.87. The number of hydrogen-bond donors (Lipinski definition) is 0. The fourth-order valence-corrected chi connectivity index (χ4v) is 2.49. The van der Waals surface area contributed by atoms with Crippen LogP contribution in [0.4, 0.5) is 0 Å². The first-order valence-electron chi connectivity index (χ1n) is 7.66. The number of benzene rings is 2. The second kappa shape index (κ2) is 6.38. The zero-order valence-corrected chi connectivity index (χ0v) is 12.9. The minimum absolute atomic E-state index is 0.775. The third kappa shape index (κ3) is 3.03. The molecule has 2 aromatic heterocycles. The first kappa shape index (κ1) is 14.2. The van der Waals surface area contributed by atoms with Crippen molar-refractivity contribution < 1.29 is 0 Å². The average molecular weight is 310 g/mol. The average Bonchev–Trinajstić information content (AvgIpc) is 2.65. The summed E-state index contributed by atoms with van der Waals surface area (Å²) in [6.45, 7) is 0. The van der Waals surface area contributed by atoms with E-state index in [4.69, 9.17) is 0 Å². The van der Waals surface area contributed by atoms with E-state index in [1.54, 1.807) is 12.4 Å². The van der Waals surface area contributed by atoms with Crippen LogP contribution in [-0.4, -0.2) is 22.4 Å². The van der Waals surface area contributed by atoms with Crippen molar-refractivity contribution in [2.75, 3.05) is 0 Å². The van der Waals surface area contributed by atoms with Gasteiger partial charge in [-0.3, -0.25) is 0 Å². The highest BCUT2D eigenvalue weighted by Gasteiger charge is 1.96. The molecule has 114 valence electrons. The molecule has 0 aliphatic rings. The summed E-state index contributed by atoms with van der Waals surface area (Å²) < 4.78 is 0. The highest BCUT2D eigenvalue weighted by Crippen LogP contribution is 2.11. The standard InChI is InChI=1S/C20H14N4/c1-3-7-19-15(5-1)9-11-17(23-19)13-21-22-14-18-12-10-16-6-2-4-8-20(16)24-18/h1-14H/b21-13-,22-14+. The van der Waals surface area contributed by atoms with E-state index in [-0.39, 0.29) is 0 Å². The van der Waals surface area contributed by atoms with Crippen molar-refractivity contribution in [3.63, 3.8) is 0 Å². The first-order valence-corrected chi connectivity index (χ1v) is 7.66. The van der Waals surface area contributed by atoms with Crippen LogP contribution in [0.2, 0.25) is 0 Å². The number of pyridine rings is 2. The maximum atomic E-state index is 4.52. The summed E-state index contributed by atoms with van der Waals surface area (Å²) in [6.07, 6.45) is 3.29. The predicted molar refractivity (Wildman–Crippen MR) is 98.7 cm³/mol. The lowest BCUT2D eigenvalue weighted by atomic mass is 10.2. The summed E-state index contributed by atoms with van der Waals surface area (Å²) >= 11 is 0. The van der Waals surface area contributed by atoms with Crippen molar-refractivity contribution in [2.24, 2.45) is 10.2 Å². The van der Waals surface area contributed by atoms with Crippen LogP contribution in [0.1, 0.15) is 11.4 Å². The van der Waals surface area contributed by atoms with Gasteiger partial charge in [-0.2, -0.15) is 10.2 Å². The Morgan fingerprint density at radius 2 is 1.00 bits per heavy atom. The van der Waals surface area contributed by atoms with Crippen LogP contribution in [0.3, 0.4) is 0 Å². The molecule has 0 aliphatic heterocycles. The van der Waals surface area contributed by atoms with Gasteiger partial charge in [0, 0.05) is 10.8 Å². The number of nitrogens with zero attached hydrogens (tertiary/aromatic N) is 4. The lowest BCUT2D eigenvalue weighted by Crippen LogP contribution is -1.89. The lowest BCUT2D eigenvalue weighted by Gasteiger charge is -1.97. The van der Waals surface area contributed by atoms with Crippen molar-refractivity contribution in [3.8, 4) is 0 Å². The molecule has 0 saturated carbocycles. The summed E-state index contributed by atoms with van der Waals surface area (Å²) in [6, 6.07) is 23.9. The molecule has 0 unspecified atom stereocenters. The molecule has 0 atom stereocenters. The van der Waals surface area contributed by atoms with Gasteiger partial charge in [0.15, 0.2) is 0 Å². The monoisotopic (exact) mass is 310 g/mol. The topological polar surface area (TPSA) is 50.5 Å². The first-order chi connectivity index (χ1) is 11.9. The number of fused-ring (bicyclic) bond motifs is 2. The van der Waals surface area contributed by atoms with Crippen LogP contribution in [0.15, 0.2) is 83.0 Å². The molecule has 0 spiro atoms. The van der Waals surface area contributed by atoms with Gasteiger partial charge in [-0.15, -0.1) is 0 Å². The molecule has 0 aliphatic carbocycles. The second-order valence-corrected chi connectivity index (χ2v) is 5.35. The third-order valence-electron chi connectivity index (χ3n) is 3.69. The van der Waals surface area contributed by atoms with E-state index >= 15 is 0 Å². The molecular weight excluding hydrogens is 296 g/mol. The molecule has 0 radical (unpaired) electrons. The molecule has 4 heteroatoms. The van der Waals surface area contributed by atoms with Gasteiger partial charge in [0.1, 0.15) is 0 Å². The van der Waals surface area contributed by atoms with E-state index in [1.807, 2.05) is 72.8 Å². The van der Waals surface area contributed by atoms with Crippen molar-refractivity contribution in [1.82, 2.24) is 9.97 Å². The summed E-state index contributed by atoms with van der Waals surface area (Å²) in [5.74, 6) is 0. The molecule has 0 N–H and O–H groups in total. The Balaban J connectivity index is 1.53. The molecule has 4 aromatic rings. The second-order valence-electron chi connectivity index (χ2n) is 5.35. The van der Waals surface area contributed by atoms with Gasteiger partial charge < -0.3 is 0 Å². The highest BCUT2D eigenvalue weighted by atomic mass is 15.2. The van der Waals surface area contributed by atoms with Gasteiger partial charge in [0.2, 0.25) is 0 Å². The summed E-state index contributed by atoms with van der Waals surface area (Å²) in [5.41, 5.74) is 3.44. The molecule has 0 fully saturated rings. The molecule has 2 aromatic carbocycles. The third-order valence-corrected chi connectivity index (χ3v) is 3.69. The SMILES string of the molecule is C(=N/N=C/c1ccc2ccccc2n1)/c1ccc2ccccc2n1. The fraction of sp³-hybridized carbons (Fsp3) is 0. The van der Waals surface area contributed by atoms with Gasteiger partial charge >= 0.3 is 0 Å². The van der Waals surface area contributed by atoms with Gasteiger partial charge in [0.25, 0.3) is 0 Å². The molecule has 2 heterocycles. The van der Waals surface area contributed by atoms with Crippen molar-refractivity contribution in [1.29, 1.82) is 0 Å². The van der Waals surface area contributed by atoms with Gasteiger partial charge in [-0.1, -0.05) is 48.5 Å². The zero-order valence-electron chi connectivity index (χ0n) is 12.9. The minimum atomic E-state index is 0.775. The van der Waals surface area contributed by atoms with Crippen molar-refractivity contribution in [3.05, 3.63) is 84.2 Å². The van der Waals surface area contributed by atoms with Crippen LogP contribution < -0.4 is 0 Å². The van der Waals surface area contributed by atoms with Crippen LogP contribution in [0.5, 0.6) is 0 Å². The number of para-hydroxylation sites is 2. The predicted octanol–water partition coefficient (Wildman–Crippen LogP) is 4.24. The van der Waals surface area contributed by atoms with Crippen molar-refractivity contribution in [2.45, 2.75) is 0 Å². The Bertz CT molecular complexity index is 980. The Kier molecular flexibility index (Phi) is 3.78. The van der Waals surface area contributed by atoms with Gasteiger partial charge in [-0.25, -0.2) is 9.97 Å². The summed E-state index contributed by atoms with van der Waals surface area (Å²) in [7, 11) is 0. The van der Waals surface area contributed by atoms with Gasteiger partial charge in [-0.05, 0) is 24.3 Å². The molecular formula is C20H14N4. The molecule has 4 nitrogen and oxygen atoms in total. The Morgan fingerprint density at radius 1 is 0.542 bits per heavy atom. The Morgan fingerprint density at radius 3 is 1.50 bits per heavy atom. The minimum Gasteiger partial charge on any atom is -0.247 e. The quantitative estimate of drug-likeness (QED) is 0.420. The van der Waals surface area contributed by atoms with Crippen molar-refractivity contribution >= 4 is 34.2 Å². The maximum absolute atomic E-state index is 4.52. The van der Waals surface area contributed by atoms with Crippen LogP contribution >= 0.6 is 0 Å². The summed E-state index contributed by atoms with van der Waals surface area (Å²) in [4.78, 5) is 9.04. The van der Waals surface area contributed by atoms with Gasteiger partial charge in [0.05, 0.1) is 34.9 Å². The van der Waals surface area contributed by atoms with E-state index in [1.165, 1.54) is 0 Å². The van der Waals surface area contributed by atoms with E-state index in [0.717, 1.165) is 33.2 Å². The van der Waals surface area contributed by atoms with Crippen LogP contribution in [0.25, 0.3) is 21.8 Å². The van der Waals surface area contributed by atoms with Crippen LogP contribution in [0, 0.1) is 0 Å².